The lowest BCUT2D eigenvalue weighted by atomic mass is 10.1. The average molecular weight is 319 g/mol. The van der Waals surface area contributed by atoms with Crippen molar-refractivity contribution in [2.24, 2.45) is 0 Å². The van der Waals surface area contributed by atoms with Crippen molar-refractivity contribution in [3.8, 4) is 5.75 Å². The van der Waals surface area contributed by atoms with Crippen LogP contribution in [0.1, 0.15) is 11.1 Å². The molecule has 0 atom stereocenters. The molecule has 1 aromatic heterocycles. The molecular weight excluding hydrogens is 309 g/mol. The Morgan fingerprint density at radius 2 is 1.90 bits per heavy atom. The molecule has 2 aromatic rings. The highest BCUT2D eigenvalue weighted by Crippen LogP contribution is 2.29. The second kappa shape index (κ2) is 5.77. The molecule has 0 radical (unpaired) electrons. The number of alkyl halides is 3. The zero-order valence-corrected chi connectivity index (χ0v) is 11.6. The van der Waals surface area contributed by atoms with E-state index in [0.717, 1.165) is 12.1 Å². The van der Waals surface area contributed by atoms with Gasteiger partial charge in [0, 0.05) is 0 Å². The second-order valence-electron chi connectivity index (χ2n) is 4.20. The van der Waals surface area contributed by atoms with Gasteiger partial charge in [0.1, 0.15) is 0 Å². The van der Waals surface area contributed by atoms with Gasteiger partial charge >= 0.3 is 6.18 Å². The molecule has 0 saturated heterocycles. The molecule has 0 aliphatic rings. The number of halogens is 4. The lowest BCUT2D eigenvalue weighted by Crippen LogP contribution is -2.22. The highest BCUT2D eigenvalue weighted by atomic mass is 35.5. The molecule has 0 saturated carbocycles. The standard InChI is InChI=1S/C13H10ClF3N2O2/c1-21-10-11(14)18-7-19(12(10)20)6-8-2-4-9(5-3-8)13(15,16)17/h2-5,7H,6H2,1H3. The molecule has 0 aliphatic carbocycles. The molecule has 4 nitrogen and oxygen atoms in total. The van der Waals surface area contributed by atoms with Crippen molar-refractivity contribution < 1.29 is 17.9 Å². The van der Waals surface area contributed by atoms with Crippen molar-refractivity contribution in [1.29, 1.82) is 0 Å². The predicted octanol–water partition coefficient (Wildman–Crippen LogP) is 2.97. The van der Waals surface area contributed by atoms with Gasteiger partial charge in [0.25, 0.3) is 5.56 Å². The Bertz CT molecular complexity index is 696. The predicted molar refractivity (Wildman–Crippen MR) is 70.6 cm³/mol. The largest absolute Gasteiger partial charge is 0.489 e. The summed E-state index contributed by atoms with van der Waals surface area (Å²) in [6, 6.07) is 4.52. The van der Waals surface area contributed by atoms with Gasteiger partial charge in [-0.25, -0.2) is 4.98 Å². The molecule has 0 N–H and O–H groups in total. The minimum atomic E-state index is -4.39. The van der Waals surface area contributed by atoms with Crippen molar-refractivity contribution in [2.75, 3.05) is 7.11 Å². The maximum atomic E-state index is 12.5. The molecular formula is C13H10ClF3N2O2. The van der Waals surface area contributed by atoms with Crippen LogP contribution < -0.4 is 10.3 Å². The van der Waals surface area contributed by atoms with Crippen LogP contribution in [0.2, 0.25) is 5.15 Å². The Kier molecular flexibility index (Phi) is 4.22. The quantitative estimate of drug-likeness (QED) is 0.817. The van der Waals surface area contributed by atoms with E-state index in [1.54, 1.807) is 0 Å². The minimum Gasteiger partial charge on any atom is -0.489 e. The van der Waals surface area contributed by atoms with Gasteiger partial charge in [-0.15, -0.1) is 0 Å². The van der Waals surface area contributed by atoms with E-state index in [1.165, 1.54) is 30.1 Å². The molecule has 0 bridgehead atoms. The van der Waals surface area contributed by atoms with Crippen LogP contribution in [0.15, 0.2) is 35.4 Å². The van der Waals surface area contributed by atoms with Gasteiger partial charge in [-0.2, -0.15) is 13.2 Å². The summed E-state index contributed by atoms with van der Waals surface area (Å²) in [5.41, 5.74) is -0.723. The fourth-order valence-electron chi connectivity index (χ4n) is 1.73. The zero-order valence-electron chi connectivity index (χ0n) is 10.8. The molecule has 2 rings (SSSR count). The molecule has 1 heterocycles. The van der Waals surface area contributed by atoms with Crippen LogP contribution in [0.25, 0.3) is 0 Å². The van der Waals surface area contributed by atoms with Gasteiger partial charge in [-0.3, -0.25) is 9.36 Å². The third-order valence-corrected chi connectivity index (χ3v) is 3.06. The van der Waals surface area contributed by atoms with Crippen LogP contribution in [0.4, 0.5) is 13.2 Å². The number of methoxy groups -OCH3 is 1. The Labute approximate surface area is 122 Å². The SMILES string of the molecule is COc1c(Cl)ncn(Cc2ccc(C(F)(F)F)cc2)c1=O. The first-order valence-corrected chi connectivity index (χ1v) is 6.16. The molecule has 21 heavy (non-hydrogen) atoms. The summed E-state index contributed by atoms with van der Waals surface area (Å²) >= 11 is 5.70. The zero-order chi connectivity index (χ0) is 15.6. The van der Waals surface area contributed by atoms with E-state index < -0.39 is 17.3 Å². The van der Waals surface area contributed by atoms with Crippen LogP contribution in [-0.2, 0) is 12.7 Å². The maximum Gasteiger partial charge on any atom is 0.416 e. The van der Waals surface area contributed by atoms with E-state index in [1.807, 2.05) is 0 Å². The number of hydrogen-bond acceptors (Lipinski definition) is 3. The van der Waals surface area contributed by atoms with Gasteiger partial charge in [0.05, 0.1) is 25.5 Å². The van der Waals surface area contributed by atoms with Crippen molar-refractivity contribution >= 4 is 11.6 Å². The van der Waals surface area contributed by atoms with Crippen LogP contribution in [0.3, 0.4) is 0 Å². The molecule has 0 aliphatic heterocycles. The first-order valence-electron chi connectivity index (χ1n) is 5.78. The van der Waals surface area contributed by atoms with Crippen LogP contribution in [0, 0.1) is 0 Å². The number of nitrogens with zero attached hydrogens (tertiary/aromatic N) is 2. The normalized spacial score (nSPS) is 11.5. The summed E-state index contributed by atoms with van der Waals surface area (Å²) in [6.07, 6.45) is -3.18. The Morgan fingerprint density at radius 1 is 1.29 bits per heavy atom. The maximum absolute atomic E-state index is 12.5. The van der Waals surface area contributed by atoms with Crippen LogP contribution >= 0.6 is 11.6 Å². The van der Waals surface area contributed by atoms with E-state index in [9.17, 15) is 18.0 Å². The highest BCUT2D eigenvalue weighted by Gasteiger charge is 2.29. The number of ether oxygens (including phenoxy) is 1. The first-order chi connectivity index (χ1) is 9.82. The number of benzene rings is 1. The lowest BCUT2D eigenvalue weighted by molar-refractivity contribution is -0.137. The van der Waals surface area contributed by atoms with Gasteiger partial charge in [0.15, 0.2) is 5.15 Å². The van der Waals surface area contributed by atoms with Gasteiger partial charge in [0.2, 0.25) is 5.75 Å². The smallest absolute Gasteiger partial charge is 0.416 e. The number of aromatic nitrogens is 2. The number of hydrogen-bond donors (Lipinski definition) is 0. The average Bonchev–Trinajstić information content (AvgIpc) is 2.42. The van der Waals surface area contributed by atoms with Crippen LogP contribution in [-0.4, -0.2) is 16.7 Å². The van der Waals surface area contributed by atoms with Crippen molar-refractivity contribution in [2.45, 2.75) is 12.7 Å². The van der Waals surface area contributed by atoms with Gasteiger partial charge in [-0.1, -0.05) is 23.7 Å². The Morgan fingerprint density at radius 3 is 2.43 bits per heavy atom. The summed E-state index contributed by atoms with van der Waals surface area (Å²) in [5, 5.41) is -0.0637. The highest BCUT2D eigenvalue weighted by molar-refractivity contribution is 6.30. The van der Waals surface area contributed by atoms with E-state index in [4.69, 9.17) is 16.3 Å². The summed E-state index contributed by atoms with van der Waals surface area (Å²) in [6.45, 7) is 0.0670. The summed E-state index contributed by atoms with van der Waals surface area (Å²) in [7, 11) is 1.28. The van der Waals surface area contributed by atoms with Crippen molar-refractivity contribution in [1.82, 2.24) is 9.55 Å². The molecule has 0 amide bonds. The molecule has 8 heteroatoms. The summed E-state index contributed by atoms with van der Waals surface area (Å²) in [5.74, 6) is -0.105. The molecule has 112 valence electrons. The molecule has 0 fully saturated rings. The molecule has 0 spiro atoms. The Balaban J connectivity index is 2.29. The van der Waals surface area contributed by atoms with Crippen molar-refractivity contribution in [3.05, 3.63) is 57.2 Å². The molecule has 0 unspecified atom stereocenters. The van der Waals surface area contributed by atoms with Crippen molar-refractivity contribution in [3.63, 3.8) is 0 Å². The minimum absolute atomic E-state index is 0.0637. The third kappa shape index (κ3) is 3.36. The third-order valence-electron chi connectivity index (χ3n) is 2.79. The van der Waals surface area contributed by atoms with Gasteiger partial charge < -0.3 is 4.74 Å². The molecule has 1 aromatic carbocycles. The van der Waals surface area contributed by atoms with E-state index in [2.05, 4.69) is 4.98 Å². The van der Waals surface area contributed by atoms with E-state index in [-0.39, 0.29) is 17.4 Å². The monoisotopic (exact) mass is 318 g/mol. The van der Waals surface area contributed by atoms with Crippen LogP contribution in [0.5, 0.6) is 5.75 Å². The topological polar surface area (TPSA) is 44.1 Å². The summed E-state index contributed by atoms with van der Waals surface area (Å²) < 4.78 is 43.4. The fraction of sp³-hybridized carbons (Fsp3) is 0.231. The van der Waals surface area contributed by atoms with Gasteiger partial charge in [-0.05, 0) is 17.7 Å². The Hall–Kier alpha value is -2.02. The van der Waals surface area contributed by atoms with E-state index in [0.29, 0.717) is 5.56 Å². The lowest BCUT2D eigenvalue weighted by Gasteiger charge is -2.10. The fourth-order valence-corrected chi connectivity index (χ4v) is 1.93. The second-order valence-corrected chi connectivity index (χ2v) is 4.55. The first kappa shape index (κ1) is 15.4. The summed E-state index contributed by atoms with van der Waals surface area (Å²) in [4.78, 5) is 15.8. The number of rotatable bonds is 3. The van der Waals surface area contributed by atoms with E-state index >= 15 is 0 Å².